The van der Waals surface area contributed by atoms with Crippen molar-refractivity contribution in [3.8, 4) is 0 Å². The number of rotatable bonds is 0. The van der Waals surface area contributed by atoms with E-state index >= 15 is 0 Å². The minimum atomic E-state index is -1.02. The fraction of sp³-hybridized carbons (Fsp3) is 0. The van der Waals surface area contributed by atoms with Crippen molar-refractivity contribution in [2.45, 2.75) is 0 Å². The van der Waals surface area contributed by atoms with Crippen LogP contribution in [0.2, 0.25) is 0 Å². The number of carbonyl (C=O) groups is 1. The van der Waals surface area contributed by atoms with Crippen molar-refractivity contribution in [2.24, 2.45) is 0 Å². The van der Waals surface area contributed by atoms with Crippen molar-refractivity contribution in [1.29, 1.82) is 0 Å². The van der Waals surface area contributed by atoms with E-state index < -0.39 is 4.87 Å². The molecule has 0 aliphatic carbocycles. The summed E-state index contributed by atoms with van der Waals surface area (Å²) in [5.41, 5.74) is 0. The van der Waals surface area contributed by atoms with Crippen LogP contribution in [-0.4, -0.2) is 9.97 Å². The Balaban J connectivity index is -0.0000000450. The molecule has 4 nitrogen and oxygen atoms in total. The molecule has 0 saturated heterocycles. The second kappa shape index (κ2) is 8.86. The van der Waals surface area contributed by atoms with Gasteiger partial charge in [-0.3, -0.25) is 0 Å². The molecule has 6 heavy (non-hydrogen) atoms. The first-order chi connectivity index (χ1) is 1.73. The van der Waals surface area contributed by atoms with Crippen molar-refractivity contribution >= 4 is 4.87 Å². The second-order valence-corrected chi connectivity index (χ2v) is 0.758. The molecular formula is CHMnO4. The molecule has 0 heterocycles. The molecule has 1 N–H and O–H groups in total. The number of hydrogen-bond acceptors (Lipinski definition) is 1. The molecule has 0 radical (unpaired) electrons. The summed E-state index contributed by atoms with van der Waals surface area (Å²) < 4.78 is 0. The standard InChI is InChI=1S/CHO2.Mn.2O/c2-1-3;;;/h(H,2,3);;;/q;+4;2*-2. The molecule has 0 aliphatic heterocycles. The Hall–Kier alpha value is -0.0905. The monoisotopic (exact) mass is 132 g/mol. The molecule has 0 unspecified atom stereocenters. The maximum absolute atomic E-state index is 8.92. The van der Waals surface area contributed by atoms with Gasteiger partial charge in [0.05, 0.1) is 0 Å². The molecule has 0 spiro atoms. The van der Waals surface area contributed by atoms with Crippen molar-refractivity contribution in [3.63, 3.8) is 0 Å². The Bertz CT molecular complexity index is 30.5. The Morgan fingerprint density at radius 2 is 1.50 bits per heavy atom. The normalized spacial score (nSPS) is 3.83. The maximum Gasteiger partial charge on any atom is -2.00 e. The smallest absolute Gasteiger partial charge is 2.00 e. The molecule has 36 valence electrons. The van der Waals surface area contributed by atoms with Crippen molar-refractivity contribution < 1.29 is 36.9 Å². The predicted octanol–water partition coefficient (Wildman–Crippen LogP) is -0.0264. The molecule has 0 rings (SSSR count). The van der Waals surface area contributed by atoms with E-state index in [0.717, 1.165) is 0 Å². The minimum Gasteiger partial charge on any atom is -2.00 e. The van der Waals surface area contributed by atoms with Gasteiger partial charge < -0.3 is 11.0 Å². The molecule has 0 bridgehead atoms. The molecule has 0 aromatic carbocycles. The molecule has 0 amide bonds. The van der Waals surface area contributed by atoms with Crippen LogP contribution in [0.25, 0.3) is 0 Å². The van der Waals surface area contributed by atoms with E-state index in [2.05, 4.69) is 16.0 Å². The van der Waals surface area contributed by atoms with Gasteiger partial charge in [0, 0.05) is 0 Å². The Morgan fingerprint density at radius 1 is 1.50 bits per heavy atom. The average Bonchev–Trinajstić information content (AvgIpc) is 0.811. The van der Waals surface area contributed by atoms with E-state index in [0.29, 0.717) is 0 Å². The van der Waals surface area contributed by atoms with E-state index in [9.17, 15) is 0 Å². The van der Waals surface area contributed by atoms with Gasteiger partial charge in [-0.25, -0.2) is 0 Å². The summed E-state index contributed by atoms with van der Waals surface area (Å²) >= 11 is 2.19. The summed E-state index contributed by atoms with van der Waals surface area (Å²) in [6.07, 6.45) is 0. The van der Waals surface area contributed by atoms with Crippen LogP contribution < -0.4 is 0 Å². The Labute approximate surface area is 42.6 Å². The topological polar surface area (TPSA) is 94.3 Å². The average molecular weight is 132 g/mol. The minimum absolute atomic E-state index is 0. The number of carboxylic acid groups (broad SMARTS) is 1. The first kappa shape index (κ1) is 16.8. The zero-order chi connectivity index (χ0) is 3.58. The fourth-order valence-corrected chi connectivity index (χ4v) is 0. The first-order valence-electron chi connectivity index (χ1n) is 0.617. The van der Waals surface area contributed by atoms with Crippen LogP contribution in [0.1, 0.15) is 0 Å². The van der Waals surface area contributed by atoms with Crippen LogP contribution in [-0.2, 0) is 27.0 Å². The zero-order valence-corrected chi connectivity index (χ0v) is 3.73. The van der Waals surface area contributed by atoms with Gasteiger partial charge in [-0.2, -0.15) is 0 Å². The quantitative estimate of drug-likeness (QED) is 0.468. The van der Waals surface area contributed by atoms with Gasteiger partial charge in [0.1, 0.15) is 0 Å². The molecule has 0 aromatic heterocycles. The van der Waals surface area contributed by atoms with Crippen LogP contribution in [0.5, 0.6) is 0 Å². The summed E-state index contributed by atoms with van der Waals surface area (Å²) in [6.45, 7) is 0. The second-order valence-electron chi connectivity index (χ2n) is 0.253. The van der Waals surface area contributed by atoms with E-state index in [1.165, 1.54) is 0 Å². The molecule has 0 aliphatic rings. The maximum atomic E-state index is 8.92. The van der Waals surface area contributed by atoms with E-state index in [4.69, 9.17) is 9.90 Å². The molecule has 0 saturated carbocycles. The van der Waals surface area contributed by atoms with Gasteiger partial charge in [0.15, 0.2) is 0 Å². The SMILES string of the molecule is O=[C](O)[Mn+4].[O-2].[O-2]. The molecule has 0 atom stereocenters. The van der Waals surface area contributed by atoms with Gasteiger partial charge in [0.2, 0.25) is 0 Å². The molecule has 0 fully saturated rings. The van der Waals surface area contributed by atoms with Gasteiger partial charge in [-0.15, -0.1) is 0 Å². The third-order valence-electron chi connectivity index (χ3n) is 0. The molecular weight excluding hydrogens is 131 g/mol. The third-order valence-corrected chi connectivity index (χ3v) is 0. The molecule has 0 aromatic rings. The van der Waals surface area contributed by atoms with Crippen LogP contribution in [0, 0.1) is 0 Å². The Kier molecular flexibility index (Phi) is 24.9. The van der Waals surface area contributed by atoms with Gasteiger partial charge >= 0.3 is 30.8 Å². The predicted molar refractivity (Wildman–Crippen MR) is 9.40 cm³/mol. The Morgan fingerprint density at radius 3 is 1.50 bits per heavy atom. The van der Waals surface area contributed by atoms with Crippen LogP contribution >= 0.6 is 0 Å². The fourth-order valence-electron chi connectivity index (χ4n) is 0. The first-order valence-corrected chi connectivity index (χ1v) is 1.21. The summed E-state index contributed by atoms with van der Waals surface area (Å²) in [5, 5.41) is 7.33. The summed E-state index contributed by atoms with van der Waals surface area (Å²) in [4.78, 5) is 7.90. The summed E-state index contributed by atoms with van der Waals surface area (Å²) in [5.74, 6) is 0. The van der Waals surface area contributed by atoms with E-state index in [1.54, 1.807) is 0 Å². The summed E-state index contributed by atoms with van der Waals surface area (Å²) in [7, 11) is 0. The van der Waals surface area contributed by atoms with Gasteiger partial charge in [-0.1, -0.05) is 0 Å². The van der Waals surface area contributed by atoms with Gasteiger partial charge in [0.25, 0.3) is 0 Å². The van der Waals surface area contributed by atoms with Gasteiger partial charge in [-0.05, 0) is 0 Å². The molecule has 5 heteroatoms. The largest absolute Gasteiger partial charge is 2.00 e. The van der Waals surface area contributed by atoms with Crippen molar-refractivity contribution in [2.75, 3.05) is 0 Å². The van der Waals surface area contributed by atoms with Crippen LogP contribution in [0.3, 0.4) is 0 Å². The summed E-state index contributed by atoms with van der Waals surface area (Å²) in [6, 6.07) is 0. The third kappa shape index (κ3) is 4040. The van der Waals surface area contributed by atoms with Crippen molar-refractivity contribution in [1.82, 2.24) is 0 Å². The van der Waals surface area contributed by atoms with Crippen LogP contribution in [0.4, 0.5) is 4.79 Å². The van der Waals surface area contributed by atoms with Crippen molar-refractivity contribution in [3.05, 3.63) is 0 Å². The van der Waals surface area contributed by atoms with E-state index in [1.807, 2.05) is 0 Å². The van der Waals surface area contributed by atoms with Crippen LogP contribution in [0.15, 0.2) is 0 Å². The zero-order valence-electron chi connectivity index (χ0n) is 2.55. The number of hydrogen-bond donors (Lipinski definition) is 1. The van der Waals surface area contributed by atoms with E-state index in [-0.39, 0.29) is 11.0 Å².